The molecule has 8 heavy (non-hydrogen) atoms. The fourth-order valence-electron chi connectivity index (χ4n) is 0.857. The van der Waals surface area contributed by atoms with Gasteiger partial charge in [0.2, 0.25) is 5.91 Å². The summed E-state index contributed by atoms with van der Waals surface area (Å²) < 4.78 is 0. The average molecular weight is 114 g/mol. The summed E-state index contributed by atoms with van der Waals surface area (Å²) in [5.74, 6) is 0.299. The third-order valence-corrected chi connectivity index (χ3v) is 1.59. The molecule has 0 aliphatic heterocycles. The Balaban J connectivity index is 2.26. The van der Waals surface area contributed by atoms with Gasteiger partial charge in [0.15, 0.2) is 0 Å². The van der Waals surface area contributed by atoms with E-state index in [0.717, 1.165) is 6.42 Å². The van der Waals surface area contributed by atoms with Crippen molar-refractivity contribution in [3.05, 3.63) is 0 Å². The molecular formula is C5H10N2O. The Morgan fingerprint density at radius 2 is 2.38 bits per heavy atom. The summed E-state index contributed by atoms with van der Waals surface area (Å²) in [6, 6.07) is 0. The SMILES string of the molecule is NC[C@@H]1C[C@@H]1C(N)=O. The van der Waals surface area contributed by atoms with Crippen molar-refractivity contribution in [2.24, 2.45) is 23.3 Å². The van der Waals surface area contributed by atoms with E-state index in [2.05, 4.69) is 0 Å². The molecule has 2 atom stereocenters. The second-order valence-electron chi connectivity index (χ2n) is 2.24. The van der Waals surface area contributed by atoms with Crippen LogP contribution in [0.25, 0.3) is 0 Å². The summed E-state index contributed by atoms with van der Waals surface area (Å²) in [6.45, 7) is 0.605. The molecule has 1 aliphatic rings. The fourth-order valence-corrected chi connectivity index (χ4v) is 0.857. The topological polar surface area (TPSA) is 69.1 Å². The van der Waals surface area contributed by atoms with E-state index in [4.69, 9.17) is 11.5 Å². The summed E-state index contributed by atoms with van der Waals surface area (Å²) in [7, 11) is 0. The zero-order valence-corrected chi connectivity index (χ0v) is 4.63. The lowest BCUT2D eigenvalue weighted by atomic mass is 10.3. The van der Waals surface area contributed by atoms with Gasteiger partial charge in [0.25, 0.3) is 0 Å². The van der Waals surface area contributed by atoms with Crippen LogP contribution in [0.2, 0.25) is 0 Å². The van der Waals surface area contributed by atoms with Gasteiger partial charge in [-0.1, -0.05) is 0 Å². The number of amides is 1. The number of hydrogen-bond acceptors (Lipinski definition) is 2. The molecule has 1 aliphatic carbocycles. The molecule has 3 heteroatoms. The van der Waals surface area contributed by atoms with Gasteiger partial charge in [-0.3, -0.25) is 4.79 Å². The Kier molecular flexibility index (Phi) is 1.21. The minimum absolute atomic E-state index is 0.0972. The highest BCUT2D eigenvalue weighted by molar-refractivity contribution is 5.79. The largest absolute Gasteiger partial charge is 0.369 e. The van der Waals surface area contributed by atoms with Crippen LogP contribution in [0.1, 0.15) is 6.42 Å². The Hall–Kier alpha value is -0.570. The molecular weight excluding hydrogens is 104 g/mol. The van der Waals surface area contributed by atoms with E-state index in [1.54, 1.807) is 0 Å². The van der Waals surface area contributed by atoms with Crippen molar-refractivity contribution < 1.29 is 4.79 Å². The van der Waals surface area contributed by atoms with Crippen LogP contribution in [0.4, 0.5) is 0 Å². The molecule has 0 saturated heterocycles. The summed E-state index contributed by atoms with van der Waals surface area (Å²) in [5.41, 5.74) is 10.2. The lowest BCUT2D eigenvalue weighted by molar-refractivity contribution is -0.119. The normalized spacial score (nSPS) is 34.6. The van der Waals surface area contributed by atoms with Crippen molar-refractivity contribution in [1.29, 1.82) is 0 Å². The van der Waals surface area contributed by atoms with Crippen molar-refractivity contribution >= 4 is 5.91 Å². The third-order valence-electron chi connectivity index (χ3n) is 1.59. The Bertz CT molecular complexity index is 113. The highest BCUT2D eigenvalue weighted by atomic mass is 16.1. The first-order valence-corrected chi connectivity index (χ1v) is 2.75. The van der Waals surface area contributed by atoms with Crippen LogP contribution in [0, 0.1) is 11.8 Å². The monoisotopic (exact) mass is 114 g/mol. The predicted octanol–water partition coefficient (Wildman–Crippen LogP) is -0.933. The number of primary amides is 1. The smallest absolute Gasteiger partial charge is 0.220 e. The summed E-state index contributed by atoms with van der Waals surface area (Å²) >= 11 is 0. The first kappa shape index (κ1) is 5.56. The van der Waals surface area contributed by atoms with Gasteiger partial charge < -0.3 is 11.5 Å². The highest BCUT2D eigenvalue weighted by Gasteiger charge is 2.40. The van der Waals surface area contributed by atoms with E-state index in [1.165, 1.54) is 0 Å². The molecule has 4 N–H and O–H groups in total. The molecule has 0 aromatic rings. The maximum atomic E-state index is 10.3. The van der Waals surface area contributed by atoms with Crippen LogP contribution in [-0.4, -0.2) is 12.5 Å². The number of nitrogens with two attached hydrogens (primary N) is 2. The Morgan fingerprint density at radius 1 is 1.75 bits per heavy atom. The van der Waals surface area contributed by atoms with Crippen molar-refractivity contribution in [2.45, 2.75) is 6.42 Å². The molecule has 1 rings (SSSR count). The third kappa shape index (κ3) is 0.816. The van der Waals surface area contributed by atoms with E-state index >= 15 is 0 Å². The highest BCUT2D eigenvalue weighted by Crippen LogP contribution is 2.36. The molecule has 46 valence electrons. The predicted molar refractivity (Wildman–Crippen MR) is 29.8 cm³/mol. The van der Waals surface area contributed by atoms with Gasteiger partial charge in [-0.15, -0.1) is 0 Å². The number of carbonyl (C=O) groups is 1. The molecule has 1 amide bonds. The van der Waals surface area contributed by atoms with E-state index in [9.17, 15) is 4.79 Å². The van der Waals surface area contributed by atoms with E-state index in [-0.39, 0.29) is 11.8 Å². The molecule has 1 saturated carbocycles. The van der Waals surface area contributed by atoms with Crippen molar-refractivity contribution in [2.75, 3.05) is 6.54 Å². The van der Waals surface area contributed by atoms with E-state index in [1.807, 2.05) is 0 Å². The van der Waals surface area contributed by atoms with Gasteiger partial charge in [-0.2, -0.15) is 0 Å². The minimum atomic E-state index is -0.194. The number of carbonyl (C=O) groups excluding carboxylic acids is 1. The van der Waals surface area contributed by atoms with Gasteiger partial charge >= 0.3 is 0 Å². The van der Waals surface area contributed by atoms with Crippen LogP contribution in [0.3, 0.4) is 0 Å². The minimum Gasteiger partial charge on any atom is -0.369 e. The summed E-state index contributed by atoms with van der Waals surface area (Å²) in [6.07, 6.45) is 0.909. The van der Waals surface area contributed by atoms with Crippen molar-refractivity contribution in [1.82, 2.24) is 0 Å². The lowest BCUT2D eigenvalue weighted by Crippen LogP contribution is -2.16. The van der Waals surface area contributed by atoms with Gasteiger partial charge in [0.05, 0.1) is 0 Å². The van der Waals surface area contributed by atoms with E-state index < -0.39 is 0 Å². The van der Waals surface area contributed by atoms with Crippen LogP contribution in [0.15, 0.2) is 0 Å². The van der Waals surface area contributed by atoms with Gasteiger partial charge in [0, 0.05) is 5.92 Å². The van der Waals surface area contributed by atoms with Crippen LogP contribution in [-0.2, 0) is 4.79 Å². The first-order valence-electron chi connectivity index (χ1n) is 2.75. The molecule has 0 unspecified atom stereocenters. The molecule has 0 aromatic heterocycles. The number of rotatable bonds is 2. The van der Waals surface area contributed by atoms with Crippen LogP contribution >= 0.6 is 0 Å². The van der Waals surface area contributed by atoms with Crippen LogP contribution < -0.4 is 11.5 Å². The maximum absolute atomic E-state index is 10.3. The van der Waals surface area contributed by atoms with Gasteiger partial charge in [-0.05, 0) is 18.9 Å². The lowest BCUT2D eigenvalue weighted by Gasteiger charge is -1.86. The van der Waals surface area contributed by atoms with Gasteiger partial charge in [0.1, 0.15) is 0 Å². The molecule has 0 spiro atoms. The molecule has 0 radical (unpaired) electrons. The molecule has 0 bridgehead atoms. The Morgan fingerprint density at radius 3 is 2.50 bits per heavy atom. The van der Waals surface area contributed by atoms with E-state index in [0.29, 0.717) is 12.5 Å². The standard InChI is InChI=1S/C5H10N2O/c6-2-3-1-4(3)5(7)8/h3-4H,1-2,6H2,(H2,7,8)/t3-,4-/m0/s1. The van der Waals surface area contributed by atoms with Gasteiger partial charge in [-0.25, -0.2) is 0 Å². The van der Waals surface area contributed by atoms with Crippen molar-refractivity contribution in [3.63, 3.8) is 0 Å². The van der Waals surface area contributed by atoms with Crippen LogP contribution in [0.5, 0.6) is 0 Å². The zero-order chi connectivity index (χ0) is 6.15. The quantitative estimate of drug-likeness (QED) is 0.486. The Labute approximate surface area is 48.0 Å². The summed E-state index contributed by atoms with van der Waals surface area (Å²) in [4.78, 5) is 10.3. The second kappa shape index (κ2) is 1.74. The second-order valence-corrected chi connectivity index (χ2v) is 2.24. The summed E-state index contributed by atoms with van der Waals surface area (Å²) in [5, 5.41) is 0. The first-order chi connectivity index (χ1) is 3.75. The molecule has 0 heterocycles. The molecule has 3 nitrogen and oxygen atoms in total. The molecule has 0 aromatic carbocycles. The average Bonchev–Trinajstić information content (AvgIpc) is 2.42. The zero-order valence-electron chi connectivity index (χ0n) is 4.63. The molecule has 1 fully saturated rings. The number of hydrogen-bond donors (Lipinski definition) is 2. The fraction of sp³-hybridized carbons (Fsp3) is 0.800. The van der Waals surface area contributed by atoms with Crippen molar-refractivity contribution in [3.8, 4) is 0 Å². The maximum Gasteiger partial charge on any atom is 0.220 e.